The summed E-state index contributed by atoms with van der Waals surface area (Å²) in [6, 6.07) is 5.27. The van der Waals surface area contributed by atoms with Crippen molar-refractivity contribution >= 4 is 35.2 Å². The Kier molecular flexibility index (Phi) is 4.81. The van der Waals surface area contributed by atoms with Crippen LogP contribution in [0.4, 0.5) is 0 Å². The zero-order valence-corrected chi connectivity index (χ0v) is 18.1. The minimum Gasteiger partial charge on any atom is -0.456 e. The number of hydrogen-bond donors (Lipinski definition) is 0. The highest BCUT2D eigenvalue weighted by Crippen LogP contribution is 2.65. The molecule has 1 aromatic rings. The fraction of sp³-hybridized carbons (Fsp3) is 0.500. The number of imide groups is 1. The molecule has 4 aliphatic carbocycles. The van der Waals surface area contributed by atoms with Gasteiger partial charge >= 0.3 is 5.97 Å². The van der Waals surface area contributed by atoms with E-state index < -0.39 is 18.6 Å². The molecular weight excluding hydrogens is 418 g/mol. The van der Waals surface area contributed by atoms with E-state index >= 15 is 0 Å². The molecule has 7 atom stereocenters. The fourth-order valence-corrected chi connectivity index (χ4v) is 6.00. The molecule has 2 saturated carbocycles. The first-order valence-corrected chi connectivity index (χ1v) is 11.2. The number of allylic oxidation sites excluding steroid dienone is 2. The van der Waals surface area contributed by atoms with Crippen LogP contribution in [0.5, 0.6) is 0 Å². The van der Waals surface area contributed by atoms with Gasteiger partial charge in [0.05, 0.1) is 11.8 Å². The molecule has 6 nitrogen and oxygen atoms in total. The van der Waals surface area contributed by atoms with Crippen LogP contribution in [0.15, 0.2) is 36.4 Å². The molecular formula is C24H24ClNO5. The molecule has 31 heavy (non-hydrogen) atoms. The van der Waals surface area contributed by atoms with E-state index in [0.717, 1.165) is 11.3 Å². The molecule has 5 aliphatic rings. The van der Waals surface area contributed by atoms with Crippen molar-refractivity contribution in [3.63, 3.8) is 0 Å². The smallest absolute Gasteiger partial charge is 0.330 e. The largest absolute Gasteiger partial charge is 0.456 e. The number of amides is 2. The summed E-state index contributed by atoms with van der Waals surface area (Å²) in [4.78, 5) is 53.1. The number of likely N-dealkylation sites (tertiary alicyclic amines) is 1. The molecule has 0 N–H and O–H groups in total. The molecule has 1 aromatic carbocycles. The van der Waals surface area contributed by atoms with Gasteiger partial charge < -0.3 is 4.74 Å². The lowest BCUT2D eigenvalue weighted by atomic mass is 9.63. The third-order valence-electron chi connectivity index (χ3n) is 7.36. The molecule has 6 rings (SSSR count). The topological polar surface area (TPSA) is 80.8 Å². The van der Waals surface area contributed by atoms with Crippen LogP contribution in [0.2, 0.25) is 5.02 Å². The number of carbonyl (C=O) groups is 4. The number of rotatable bonds is 6. The minimum absolute atomic E-state index is 0.0942. The first kappa shape index (κ1) is 20.4. The summed E-state index contributed by atoms with van der Waals surface area (Å²) in [6.45, 7) is 3.10. The van der Waals surface area contributed by atoms with Gasteiger partial charge in [-0.3, -0.25) is 19.3 Å². The molecule has 1 heterocycles. The zero-order valence-electron chi connectivity index (χ0n) is 17.4. The Morgan fingerprint density at radius 1 is 1.03 bits per heavy atom. The van der Waals surface area contributed by atoms with E-state index in [4.69, 9.17) is 16.3 Å². The maximum Gasteiger partial charge on any atom is 0.330 e. The van der Waals surface area contributed by atoms with Crippen LogP contribution >= 0.6 is 11.6 Å². The van der Waals surface area contributed by atoms with Gasteiger partial charge in [0.2, 0.25) is 11.8 Å². The molecule has 0 radical (unpaired) electrons. The number of nitrogens with zero attached hydrogens (tertiary/aromatic N) is 1. The van der Waals surface area contributed by atoms with Crippen LogP contribution in [0, 0.1) is 41.4 Å². The molecule has 0 unspecified atom stereocenters. The van der Waals surface area contributed by atoms with Crippen LogP contribution in [-0.4, -0.2) is 41.1 Å². The second-order valence-electron chi connectivity index (χ2n) is 9.43. The number of esters is 1. The molecule has 2 bridgehead atoms. The Balaban J connectivity index is 1.32. The second-order valence-corrected chi connectivity index (χ2v) is 9.86. The lowest BCUT2D eigenvalue weighted by Gasteiger charge is -2.37. The molecule has 1 saturated heterocycles. The fourth-order valence-electron chi connectivity index (χ4n) is 5.87. The summed E-state index contributed by atoms with van der Waals surface area (Å²) >= 11 is 5.84. The van der Waals surface area contributed by atoms with Crippen LogP contribution in [-0.2, 0) is 19.1 Å². The van der Waals surface area contributed by atoms with Gasteiger partial charge in [-0.15, -0.1) is 0 Å². The van der Waals surface area contributed by atoms with E-state index in [9.17, 15) is 19.2 Å². The number of halogens is 1. The molecule has 0 aromatic heterocycles. The number of carbonyl (C=O) groups excluding carboxylic acids is 4. The van der Waals surface area contributed by atoms with Crippen molar-refractivity contribution in [3.8, 4) is 0 Å². The Hall–Kier alpha value is -2.47. The summed E-state index contributed by atoms with van der Waals surface area (Å²) < 4.78 is 5.29. The summed E-state index contributed by atoms with van der Waals surface area (Å²) in [7, 11) is 0. The van der Waals surface area contributed by atoms with Crippen molar-refractivity contribution in [1.29, 1.82) is 0 Å². The summed E-state index contributed by atoms with van der Waals surface area (Å²) in [5.41, 5.74) is 0.375. The Bertz CT molecular complexity index is 964. The second kappa shape index (κ2) is 7.30. The highest BCUT2D eigenvalue weighted by atomic mass is 35.5. The van der Waals surface area contributed by atoms with Gasteiger partial charge in [0.15, 0.2) is 12.4 Å². The summed E-state index contributed by atoms with van der Waals surface area (Å²) in [5.74, 6) is -1.50. The lowest BCUT2D eigenvalue weighted by molar-refractivity contribution is -0.160. The molecule has 0 spiro atoms. The number of Topliss-reactive ketones (excluding diaryl/α,β-unsaturated/α-hetero) is 1. The van der Waals surface area contributed by atoms with E-state index in [0.29, 0.717) is 22.4 Å². The lowest BCUT2D eigenvalue weighted by Crippen LogP contribution is -2.49. The van der Waals surface area contributed by atoms with E-state index in [-0.39, 0.29) is 47.2 Å². The Morgan fingerprint density at radius 3 is 2.10 bits per heavy atom. The maximum atomic E-state index is 13.3. The first-order chi connectivity index (χ1) is 14.8. The van der Waals surface area contributed by atoms with Crippen LogP contribution in [0.25, 0.3) is 0 Å². The van der Waals surface area contributed by atoms with E-state index in [2.05, 4.69) is 12.2 Å². The van der Waals surface area contributed by atoms with Crippen molar-refractivity contribution in [2.24, 2.45) is 41.4 Å². The monoisotopic (exact) mass is 441 g/mol. The number of ether oxygens (including phenoxy) is 1. The van der Waals surface area contributed by atoms with Gasteiger partial charge in [-0.05, 0) is 60.3 Å². The molecule has 3 fully saturated rings. The third kappa shape index (κ3) is 3.15. The van der Waals surface area contributed by atoms with Crippen LogP contribution < -0.4 is 0 Å². The normalized spacial score (nSPS) is 33.4. The molecule has 1 aliphatic heterocycles. The van der Waals surface area contributed by atoms with Crippen LogP contribution in [0.3, 0.4) is 0 Å². The van der Waals surface area contributed by atoms with Gasteiger partial charge in [-0.1, -0.05) is 37.6 Å². The van der Waals surface area contributed by atoms with Crippen LogP contribution in [0.1, 0.15) is 30.6 Å². The number of benzene rings is 1. The zero-order chi connectivity index (χ0) is 22.0. The van der Waals surface area contributed by atoms with E-state index in [1.807, 2.05) is 0 Å². The highest BCUT2D eigenvalue weighted by molar-refractivity contribution is 6.30. The van der Waals surface area contributed by atoms with Crippen molar-refractivity contribution < 1.29 is 23.9 Å². The molecule has 7 heteroatoms. The van der Waals surface area contributed by atoms with Crippen molar-refractivity contribution in [3.05, 3.63) is 47.0 Å². The first-order valence-electron chi connectivity index (χ1n) is 10.8. The van der Waals surface area contributed by atoms with Gasteiger partial charge in [0.25, 0.3) is 0 Å². The van der Waals surface area contributed by atoms with Gasteiger partial charge in [0, 0.05) is 10.6 Å². The van der Waals surface area contributed by atoms with Gasteiger partial charge in [0.1, 0.15) is 6.04 Å². The summed E-state index contributed by atoms with van der Waals surface area (Å²) in [6.07, 6.45) is 5.28. The van der Waals surface area contributed by atoms with E-state index in [1.54, 1.807) is 38.1 Å². The SMILES string of the molecule is CC(C)[C@@H](C(=O)OCC(=O)c1ccc(Cl)cc1)N1C(=O)[C@@H]2[C@@H]3C=C[C@H]([C@H]4C[C@H]34)[C@@H]2C1=O. The third-order valence-corrected chi connectivity index (χ3v) is 7.61. The van der Waals surface area contributed by atoms with E-state index in [1.165, 1.54) is 0 Å². The predicted molar refractivity (Wildman–Crippen MR) is 112 cm³/mol. The average molecular weight is 442 g/mol. The standard InChI is InChI=1S/C24H24ClNO5/c1-11(2)21(24(30)31-10-18(27)12-3-5-13(25)6-4-12)26-22(28)19-14-7-8-15(17-9-16(14)17)20(19)23(26)29/h3-8,11,14-17,19-21H,9-10H2,1-2H3/t14-,15-,16-,17-,19-,20+,21+/m1/s1. The quantitative estimate of drug-likeness (QED) is 0.293. The van der Waals surface area contributed by atoms with Crippen molar-refractivity contribution in [2.45, 2.75) is 26.3 Å². The van der Waals surface area contributed by atoms with Gasteiger partial charge in [-0.2, -0.15) is 0 Å². The number of ketones is 1. The van der Waals surface area contributed by atoms with Gasteiger partial charge in [-0.25, -0.2) is 4.79 Å². The van der Waals surface area contributed by atoms with Crippen molar-refractivity contribution in [1.82, 2.24) is 4.90 Å². The Morgan fingerprint density at radius 2 is 1.58 bits per heavy atom. The minimum atomic E-state index is -1.03. The maximum absolute atomic E-state index is 13.3. The van der Waals surface area contributed by atoms with Crippen molar-refractivity contribution in [2.75, 3.05) is 6.61 Å². The average Bonchev–Trinajstić information content (AvgIpc) is 3.53. The highest BCUT2D eigenvalue weighted by Gasteiger charge is 2.68. The summed E-state index contributed by atoms with van der Waals surface area (Å²) in [5, 5.41) is 0.502. The molecule has 162 valence electrons. The molecule has 2 amide bonds. The number of hydrogen-bond acceptors (Lipinski definition) is 5. The Labute approximate surface area is 185 Å². The predicted octanol–water partition coefficient (Wildman–Crippen LogP) is 3.14.